The zero-order chi connectivity index (χ0) is 23.8. The zero-order valence-electron chi connectivity index (χ0n) is 18.4. The molecule has 11 heteroatoms. The van der Waals surface area contributed by atoms with Gasteiger partial charge in [-0.15, -0.1) is 0 Å². The Bertz CT molecular complexity index is 1330. The van der Waals surface area contributed by atoms with Gasteiger partial charge in [-0.3, -0.25) is 0 Å². The lowest BCUT2D eigenvalue weighted by Crippen LogP contribution is -2.22. The Morgan fingerprint density at radius 3 is 2.67 bits per heavy atom. The number of aromatic nitrogens is 5. The number of hydrogen-bond acceptors (Lipinski definition) is 5. The molecule has 0 aliphatic rings. The van der Waals surface area contributed by atoms with E-state index < -0.39 is 25.7 Å². The molecule has 3 heterocycles. The fourth-order valence-electron chi connectivity index (χ4n) is 3.24. The maximum atomic E-state index is 14.1. The highest BCUT2D eigenvalue weighted by atomic mass is 28.3. The van der Waals surface area contributed by atoms with E-state index in [0.29, 0.717) is 23.6 Å². The van der Waals surface area contributed by atoms with E-state index in [9.17, 15) is 18.7 Å². The number of nitrogens with zero attached hydrogens (tertiary/aromatic N) is 5. The van der Waals surface area contributed by atoms with Gasteiger partial charge in [0.05, 0.1) is 11.9 Å². The molecule has 0 atom stereocenters. The number of halogens is 2. The SMILES string of the molecule is C[Si](C)(C)CCOCn1cc(C(=O)O)c2nc(-c3cn(-c4cc(F)ccc4F)cn3)cnc21. The maximum absolute atomic E-state index is 14.1. The minimum Gasteiger partial charge on any atom is -0.478 e. The maximum Gasteiger partial charge on any atom is 0.339 e. The third-order valence-electron chi connectivity index (χ3n) is 5.05. The summed E-state index contributed by atoms with van der Waals surface area (Å²) in [5, 5.41) is 9.63. The monoisotopic (exact) mass is 471 g/mol. The molecule has 0 fully saturated rings. The number of imidazole rings is 1. The van der Waals surface area contributed by atoms with Gasteiger partial charge in [0.2, 0.25) is 0 Å². The number of fused-ring (bicyclic) bond motifs is 1. The Morgan fingerprint density at radius 2 is 1.94 bits per heavy atom. The van der Waals surface area contributed by atoms with Gasteiger partial charge < -0.3 is 19.0 Å². The van der Waals surface area contributed by atoms with Gasteiger partial charge in [-0.25, -0.2) is 28.5 Å². The molecule has 0 saturated heterocycles. The molecule has 0 bridgehead atoms. The average Bonchev–Trinajstić information content (AvgIpc) is 3.37. The van der Waals surface area contributed by atoms with Crippen LogP contribution in [0.1, 0.15) is 10.4 Å². The molecule has 0 aliphatic heterocycles. The van der Waals surface area contributed by atoms with E-state index in [-0.39, 0.29) is 23.5 Å². The molecule has 4 aromatic rings. The second-order valence-electron chi connectivity index (χ2n) is 8.86. The van der Waals surface area contributed by atoms with Crippen LogP contribution in [0.4, 0.5) is 8.78 Å². The van der Waals surface area contributed by atoms with Gasteiger partial charge in [-0.1, -0.05) is 19.6 Å². The Balaban J connectivity index is 1.64. The van der Waals surface area contributed by atoms with E-state index in [0.717, 1.165) is 24.2 Å². The first-order valence-electron chi connectivity index (χ1n) is 10.3. The topological polar surface area (TPSA) is 95.1 Å². The molecule has 0 amide bonds. The number of hydrogen-bond donors (Lipinski definition) is 1. The fourth-order valence-corrected chi connectivity index (χ4v) is 4.00. The van der Waals surface area contributed by atoms with Crippen molar-refractivity contribution in [1.82, 2.24) is 24.1 Å². The molecule has 172 valence electrons. The van der Waals surface area contributed by atoms with Gasteiger partial charge in [0.1, 0.15) is 47.2 Å². The first-order valence-corrected chi connectivity index (χ1v) is 14.0. The molecule has 4 rings (SSSR count). The van der Waals surface area contributed by atoms with E-state index >= 15 is 0 Å². The molecule has 1 N–H and O–H groups in total. The normalized spacial score (nSPS) is 11.9. The summed E-state index contributed by atoms with van der Waals surface area (Å²) in [6, 6.07) is 4.11. The van der Waals surface area contributed by atoms with Crippen LogP contribution in [0.2, 0.25) is 25.7 Å². The zero-order valence-corrected chi connectivity index (χ0v) is 19.4. The number of rotatable bonds is 8. The third kappa shape index (κ3) is 4.99. The summed E-state index contributed by atoms with van der Waals surface area (Å²) in [5.74, 6) is -2.33. The lowest BCUT2D eigenvalue weighted by Gasteiger charge is -2.15. The third-order valence-corrected chi connectivity index (χ3v) is 6.76. The molecule has 0 spiro atoms. The largest absolute Gasteiger partial charge is 0.478 e. The van der Waals surface area contributed by atoms with Gasteiger partial charge in [-0.2, -0.15) is 0 Å². The van der Waals surface area contributed by atoms with Gasteiger partial charge in [0.15, 0.2) is 5.65 Å². The highest BCUT2D eigenvalue weighted by Gasteiger charge is 2.19. The van der Waals surface area contributed by atoms with Crippen molar-refractivity contribution in [3.05, 3.63) is 60.3 Å². The molecule has 0 radical (unpaired) electrons. The summed E-state index contributed by atoms with van der Waals surface area (Å²) >= 11 is 0. The van der Waals surface area contributed by atoms with Crippen molar-refractivity contribution in [2.24, 2.45) is 0 Å². The lowest BCUT2D eigenvalue weighted by atomic mass is 10.2. The van der Waals surface area contributed by atoms with Crippen molar-refractivity contribution < 1.29 is 23.4 Å². The number of carboxylic acids is 1. The Morgan fingerprint density at radius 1 is 1.15 bits per heavy atom. The van der Waals surface area contributed by atoms with E-state index in [2.05, 4.69) is 34.6 Å². The number of benzene rings is 1. The number of ether oxygens (including phenoxy) is 1. The van der Waals surface area contributed by atoms with Crippen molar-refractivity contribution in [3.8, 4) is 17.1 Å². The lowest BCUT2D eigenvalue weighted by molar-refractivity contribution is 0.0696. The van der Waals surface area contributed by atoms with Crippen LogP contribution in [0.15, 0.2) is 43.1 Å². The molecule has 3 aromatic heterocycles. The summed E-state index contributed by atoms with van der Waals surface area (Å²) < 4.78 is 36.3. The smallest absolute Gasteiger partial charge is 0.339 e. The molecule has 33 heavy (non-hydrogen) atoms. The van der Waals surface area contributed by atoms with E-state index in [1.165, 1.54) is 29.5 Å². The van der Waals surface area contributed by atoms with Crippen LogP contribution >= 0.6 is 0 Å². The molecule has 0 aliphatic carbocycles. The first kappa shape index (κ1) is 22.7. The predicted octanol–water partition coefficient (Wildman–Crippen LogP) is 4.57. The predicted molar refractivity (Wildman–Crippen MR) is 121 cm³/mol. The van der Waals surface area contributed by atoms with E-state index in [4.69, 9.17) is 4.74 Å². The second-order valence-corrected chi connectivity index (χ2v) is 14.5. The molecule has 0 unspecified atom stereocenters. The summed E-state index contributed by atoms with van der Waals surface area (Å²) in [6.45, 7) is 7.50. The molecular formula is C22H23F2N5O3Si. The van der Waals surface area contributed by atoms with Crippen molar-refractivity contribution in [2.45, 2.75) is 32.4 Å². The van der Waals surface area contributed by atoms with Gasteiger partial charge in [0.25, 0.3) is 0 Å². The minimum atomic E-state index is -1.25. The van der Waals surface area contributed by atoms with Gasteiger partial charge in [0, 0.05) is 33.1 Å². The fraction of sp³-hybridized carbons (Fsp3) is 0.273. The van der Waals surface area contributed by atoms with Crippen LogP contribution in [0.25, 0.3) is 28.2 Å². The second kappa shape index (κ2) is 8.83. The Hall–Kier alpha value is -3.44. The summed E-state index contributed by atoms with van der Waals surface area (Å²) in [5.41, 5.74) is 1.20. The highest BCUT2D eigenvalue weighted by molar-refractivity contribution is 6.76. The number of aromatic carboxylic acids is 1. The van der Waals surface area contributed by atoms with Crippen molar-refractivity contribution in [1.29, 1.82) is 0 Å². The van der Waals surface area contributed by atoms with Crippen LogP contribution in [-0.4, -0.2) is 49.8 Å². The highest BCUT2D eigenvalue weighted by Crippen LogP contribution is 2.24. The molecule has 1 aromatic carbocycles. The number of carbonyl (C=O) groups is 1. The van der Waals surface area contributed by atoms with E-state index in [1.807, 2.05) is 0 Å². The quantitative estimate of drug-likeness (QED) is 0.299. The Kier molecular flexibility index (Phi) is 6.08. The molecule has 0 saturated carbocycles. The summed E-state index contributed by atoms with van der Waals surface area (Å²) in [4.78, 5) is 24.8. The summed E-state index contributed by atoms with van der Waals surface area (Å²) in [7, 11) is -1.25. The summed E-state index contributed by atoms with van der Waals surface area (Å²) in [6.07, 6.45) is 5.71. The number of carboxylic acid groups (broad SMARTS) is 1. The average molecular weight is 472 g/mol. The van der Waals surface area contributed by atoms with Crippen LogP contribution in [0.5, 0.6) is 0 Å². The van der Waals surface area contributed by atoms with Crippen LogP contribution < -0.4 is 0 Å². The standard InChI is InChI=1S/C22H23F2N5O3Si/c1-33(2,3)7-6-32-13-29-10-15(22(30)31)20-21(29)25-9-17(27-20)18-11-28(12-26-18)19-8-14(23)4-5-16(19)24/h4-5,8-12H,6-7,13H2,1-3H3,(H,30,31). The van der Waals surface area contributed by atoms with Gasteiger partial charge >= 0.3 is 5.97 Å². The van der Waals surface area contributed by atoms with Gasteiger partial charge in [-0.05, 0) is 18.2 Å². The van der Waals surface area contributed by atoms with Crippen LogP contribution in [-0.2, 0) is 11.5 Å². The Labute approximate surface area is 189 Å². The minimum absolute atomic E-state index is 0.00404. The first-order chi connectivity index (χ1) is 15.6. The van der Waals surface area contributed by atoms with Crippen LogP contribution in [0, 0.1) is 11.6 Å². The van der Waals surface area contributed by atoms with Crippen molar-refractivity contribution in [3.63, 3.8) is 0 Å². The molecule has 8 nitrogen and oxygen atoms in total. The van der Waals surface area contributed by atoms with Crippen molar-refractivity contribution >= 4 is 25.2 Å². The van der Waals surface area contributed by atoms with E-state index in [1.54, 1.807) is 4.57 Å². The van der Waals surface area contributed by atoms with Crippen LogP contribution in [0.3, 0.4) is 0 Å². The van der Waals surface area contributed by atoms with Crippen molar-refractivity contribution in [2.75, 3.05) is 6.61 Å². The molecular weight excluding hydrogens is 448 g/mol.